The number of alkyl halides is 4. The molecule has 13 heteroatoms. The summed E-state index contributed by atoms with van der Waals surface area (Å²) in [6, 6.07) is 0.433. The molecule has 2 fully saturated rings. The third-order valence-electron chi connectivity index (χ3n) is 5.93. The summed E-state index contributed by atoms with van der Waals surface area (Å²) in [6.45, 7) is 0.522. The van der Waals surface area contributed by atoms with Gasteiger partial charge in [0, 0.05) is 34.3 Å². The van der Waals surface area contributed by atoms with Crippen molar-refractivity contribution in [2.45, 2.75) is 28.6 Å². The Morgan fingerprint density at radius 1 is 1.17 bits per heavy atom. The molecule has 1 aromatic heterocycles. The second kappa shape index (κ2) is 10.1. The molecule has 188 valence electrons. The van der Waals surface area contributed by atoms with Crippen LogP contribution in [0.15, 0.2) is 30.6 Å². The number of ether oxygens (including phenoxy) is 1. The molecule has 2 aliphatic heterocycles. The first-order valence-electron chi connectivity index (χ1n) is 10.5. The second-order valence-corrected chi connectivity index (χ2v) is 10.5. The number of likely N-dealkylation sites (tertiary alicyclic amines) is 1. The summed E-state index contributed by atoms with van der Waals surface area (Å²) >= 11 is 7.69. The normalized spacial score (nSPS) is 21.5. The largest absolute Gasteiger partial charge is 0.417 e. The zero-order chi connectivity index (χ0) is 25.5. The Morgan fingerprint density at radius 3 is 2.51 bits per heavy atom. The number of nitrogens with zero attached hydrogens (tertiary/aromatic N) is 2. The highest BCUT2D eigenvalue weighted by Crippen LogP contribution is 2.34. The molecule has 35 heavy (non-hydrogen) atoms. The number of benzene rings is 1. The van der Waals surface area contributed by atoms with Gasteiger partial charge in [0.05, 0.1) is 35.4 Å². The zero-order valence-corrected chi connectivity index (χ0v) is 20.7. The summed E-state index contributed by atoms with van der Waals surface area (Å²) in [7, 11) is 0. The van der Waals surface area contributed by atoms with E-state index in [-0.39, 0.29) is 47.1 Å². The summed E-state index contributed by atoms with van der Waals surface area (Å²) in [6.07, 6.45) is -2.84. The molecule has 0 aliphatic carbocycles. The molecule has 2 saturated heterocycles. The van der Waals surface area contributed by atoms with Crippen LogP contribution in [0.25, 0.3) is 0 Å². The van der Waals surface area contributed by atoms with Crippen LogP contribution in [0.2, 0.25) is 5.02 Å². The van der Waals surface area contributed by atoms with E-state index in [1.165, 1.54) is 4.90 Å². The van der Waals surface area contributed by atoms with Crippen molar-refractivity contribution in [3.8, 4) is 0 Å². The molecule has 1 N–H and O–H groups in total. The fourth-order valence-corrected chi connectivity index (χ4v) is 5.11. The first kappa shape index (κ1) is 26.0. The summed E-state index contributed by atoms with van der Waals surface area (Å²) in [5.74, 6) is -3.43. The van der Waals surface area contributed by atoms with E-state index in [2.05, 4.69) is 10.3 Å². The van der Waals surface area contributed by atoms with Gasteiger partial charge >= 0.3 is 6.18 Å². The topological polar surface area (TPSA) is 71.5 Å². The minimum absolute atomic E-state index is 0.113. The number of rotatable bonds is 5. The molecule has 0 radical (unpaired) electrons. The Kier molecular flexibility index (Phi) is 7.53. The molecule has 0 spiro atoms. The maximum atomic E-state index is 14.6. The number of pyridine rings is 1. The molecule has 4 rings (SSSR count). The summed E-state index contributed by atoms with van der Waals surface area (Å²) in [5, 5.41) is 2.29. The monoisotopic (exact) mass is 629 g/mol. The van der Waals surface area contributed by atoms with Gasteiger partial charge in [-0.05, 0) is 24.6 Å². The molecule has 0 bridgehead atoms. The van der Waals surface area contributed by atoms with Crippen LogP contribution in [0.4, 0.5) is 22.0 Å². The molecule has 1 aromatic carbocycles. The van der Waals surface area contributed by atoms with E-state index in [1.807, 2.05) is 22.6 Å². The number of hydrogen-bond donors (Lipinski definition) is 1. The van der Waals surface area contributed by atoms with Crippen molar-refractivity contribution in [1.29, 1.82) is 0 Å². The van der Waals surface area contributed by atoms with Crippen molar-refractivity contribution in [1.82, 2.24) is 15.2 Å². The fraction of sp³-hybridized carbons (Fsp3) is 0.409. The second-order valence-electron chi connectivity index (χ2n) is 8.34. The lowest BCUT2D eigenvalue weighted by Gasteiger charge is -2.36. The Balaban J connectivity index is 1.59. The van der Waals surface area contributed by atoms with E-state index in [4.69, 9.17) is 16.3 Å². The zero-order valence-electron chi connectivity index (χ0n) is 17.8. The molecule has 3 atom stereocenters. The van der Waals surface area contributed by atoms with Crippen molar-refractivity contribution < 1.29 is 36.3 Å². The molecule has 3 heterocycles. The first-order valence-corrected chi connectivity index (χ1v) is 12.1. The van der Waals surface area contributed by atoms with Gasteiger partial charge < -0.3 is 15.0 Å². The molecular formula is C22H18ClF5IN3O3. The van der Waals surface area contributed by atoms with Crippen LogP contribution in [-0.2, 0) is 15.7 Å². The first-order chi connectivity index (χ1) is 16.5. The predicted molar refractivity (Wildman–Crippen MR) is 123 cm³/mol. The SMILES string of the molecule is O=C(N[C@@H](c1cc(F)c(Cl)cc1F)C1COC1)[C@H]1C[C@@H](I)CN1C(=O)c1cncc(C(F)(F)F)c1. The standard InChI is InChI=1S/C22H18ClF5IN3O3/c23-15-4-16(24)14(3-17(15)25)19(11-8-35-9-11)31-20(33)18-2-13(29)7-32(18)21(34)10-1-12(6-30-5-10)22(26,27)28/h1,3-6,11,13,18-19H,2,7-9H2,(H,31,33)/t13-,18-,19-/m1/s1. The van der Waals surface area contributed by atoms with E-state index in [0.29, 0.717) is 12.3 Å². The number of halogens is 7. The van der Waals surface area contributed by atoms with Crippen molar-refractivity contribution >= 4 is 46.0 Å². The van der Waals surface area contributed by atoms with Gasteiger partial charge in [-0.25, -0.2) is 8.78 Å². The minimum atomic E-state index is -4.69. The molecule has 0 unspecified atom stereocenters. The molecular weight excluding hydrogens is 612 g/mol. The summed E-state index contributed by atoms with van der Waals surface area (Å²) in [4.78, 5) is 31.0. The lowest BCUT2D eigenvalue weighted by Crippen LogP contribution is -2.50. The van der Waals surface area contributed by atoms with Crippen molar-refractivity contribution in [2.75, 3.05) is 19.8 Å². The van der Waals surface area contributed by atoms with E-state index < -0.39 is 52.3 Å². The van der Waals surface area contributed by atoms with Gasteiger partial charge in [-0.1, -0.05) is 34.2 Å². The number of hydrogen-bond acceptors (Lipinski definition) is 4. The Morgan fingerprint density at radius 2 is 1.89 bits per heavy atom. The average molecular weight is 630 g/mol. The molecule has 2 aliphatic rings. The fourth-order valence-electron chi connectivity index (χ4n) is 4.06. The van der Waals surface area contributed by atoms with Gasteiger partial charge in [0.15, 0.2) is 0 Å². The van der Waals surface area contributed by atoms with Crippen LogP contribution in [0.1, 0.15) is 33.9 Å². The van der Waals surface area contributed by atoms with Crippen LogP contribution in [0.5, 0.6) is 0 Å². The van der Waals surface area contributed by atoms with Gasteiger partial charge in [-0.2, -0.15) is 13.2 Å². The number of carbonyl (C=O) groups is 2. The highest BCUT2D eigenvalue weighted by Gasteiger charge is 2.42. The van der Waals surface area contributed by atoms with Gasteiger partial charge in [0.25, 0.3) is 5.91 Å². The molecule has 6 nitrogen and oxygen atoms in total. The third kappa shape index (κ3) is 5.53. The van der Waals surface area contributed by atoms with Crippen LogP contribution in [0, 0.1) is 17.6 Å². The van der Waals surface area contributed by atoms with Crippen molar-refractivity contribution in [2.24, 2.45) is 5.92 Å². The summed E-state index contributed by atoms with van der Waals surface area (Å²) in [5.41, 5.74) is -1.50. The summed E-state index contributed by atoms with van der Waals surface area (Å²) < 4.78 is 73.0. The molecule has 2 amide bonds. The van der Waals surface area contributed by atoms with Crippen LogP contribution in [-0.4, -0.2) is 51.4 Å². The van der Waals surface area contributed by atoms with Gasteiger partial charge in [0.1, 0.15) is 17.7 Å². The molecule has 2 aromatic rings. The van der Waals surface area contributed by atoms with Crippen molar-refractivity contribution in [3.05, 3.63) is 63.9 Å². The Hall–Kier alpha value is -2.06. The van der Waals surface area contributed by atoms with E-state index >= 15 is 0 Å². The van der Waals surface area contributed by atoms with Crippen molar-refractivity contribution in [3.63, 3.8) is 0 Å². The minimum Gasteiger partial charge on any atom is -0.381 e. The maximum Gasteiger partial charge on any atom is 0.417 e. The van der Waals surface area contributed by atoms with Gasteiger partial charge in [-0.15, -0.1) is 0 Å². The predicted octanol–water partition coefficient (Wildman–Crippen LogP) is 4.55. The number of nitrogens with one attached hydrogen (secondary N) is 1. The Labute approximate surface area is 215 Å². The van der Waals surface area contributed by atoms with E-state index in [9.17, 15) is 31.5 Å². The van der Waals surface area contributed by atoms with Crippen LogP contribution >= 0.6 is 34.2 Å². The lowest BCUT2D eigenvalue weighted by molar-refractivity contribution is -0.138. The van der Waals surface area contributed by atoms with E-state index in [1.54, 1.807) is 0 Å². The quantitative estimate of drug-likeness (QED) is 0.228. The number of carbonyl (C=O) groups excluding carboxylic acids is 2. The highest BCUT2D eigenvalue weighted by atomic mass is 127. The van der Waals surface area contributed by atoms with Crippen LogP contribution < -0.4 is 5.32 Å². The average Bonchev–Trinajstić information content (AvgIpc) is 3.15. The Bertz CT molecular complexity index is 1150. The van der Waals surface area contributed by atoms with Gasteiger partial charge in [-0.3, -0.25) is 14.6 Å². The lowest BCUT2D eigenvalue weighted by atomic mass is 9.90. The highest BCUT2D eigenvalue weighted by molar-refractivity contribution is 14.1. The van der Waals surface area contributed by atoms with Gasteiger partial charge in [0.2, 0.25) is 5.91 Å². The third-order valence-corrected chi connectivity index (χ3v) is 7.13. The maximum absolute atomic E-state index is 14.6. The number of amides is 2. The number of aromatic nitrogens is 1. The van der Waals surface area contributed by atoms with Crippen LogP contribution in [0.3, 0.4) is 0 Å². The molecule has 0 saturated carbocycles. The smallest absolute Gasteiger partial charge is 0.381 e. The van der Waals surface area contributed by atoms with E-state index in [0.717, 1.165) is 18.3 Å².